The molecule has 2 atom stereocenters. The summed E-state index contributed by atoms with van der Waals surface area (Å²) in [4.78, 5) is 0. The van der Waals surface area contributed by atoms with E-state index in [-0.39, 0.29) is 31.2 Å². The van der Waals surface area contributed by atoms with Crippen molar-refractivity contribution in [3.8, 4) is 0 Å². The van der Waals surface area contributed by atoms with Crippen LogP contribution >= 0.6 is 9.69 Å². The van der Waals surface area contributed by atoms with Gasteiger partial charge in [0, 0.05) is 5.75 Å². The molecule has 0 amide bonds. The zero-order valence-electron chi connectivity index (χ0n) is 12.6. The summed E-state index contributed by atoms with van der Waals surface area (Å²) < 4.78 is 27.8. The van der Waals surface area contributed by atoms with E-state index in [4.69, 9.17) is 5.73 Å². The maximum absolute atomic E-state index is 11.9. The van der Waals surface area contributed by atoms with Gasteiger partial charge in [0.1, 0.15) is 0 Å². The molecule has 0 aromatic rings. The summed E-state index contributed by atoms with van der Waals surface area (Å²) in [6.07, 6.45) is 5.34. The Hall–Kier alpha value is 0.783. The fourth-order valence-corrected chi connectivity index (χ4v) is 4.13. The van der Waals surface area contributed by atoms with E-state index < -0.39 is 10.0 Å². The summed E-state index contributed by atoms with van der Waals surface area (Å²) in [6.45, 7) is 4.02. The van der Waals surface area contributed by atoms with E-state index in [0.717, 1.165) is 38.5 Å². The fraction of sp³-hybridized carbons (Fsp3) is 0.923. The van der Waals surface area contributed by atoms with Gasteiger partial charge in [0.2, 0.25) is 0 Å². The van der Waals surface area contributed by atoms with Gasteiger partial charge < -0.3 is 17.9 Å². The molecule has 122 valence electrons. The molecule has 1 fully saturated rings. The van der Waals surface area contributed by atoms with Crippen molar-refractivity contribution in [1.29, 1.82) is 0 Å². The van der Waals surface area contributed by atoms with Crippen LogP contribution in [0.5, 0.6) is 0 Å². The molecule has 4 nitrogen and oxygen atoms in total. The summed E-state index contributed by atoms with van der Waals surface area (Å²) >= 11 is 1.82. The van der Waals surface area contributed by atoms with Crippen LogP contribution in [-0.2, 0) is 27.3 Å². The van der Waals surface area contributed by atoms with E-state index >= 15 is 0 Å². The van der Waals surface area contributed by atoms with Crippen molar-refractivity contribution in [3.05, 3.63) is 17.9 Å². The van der Waals surface area contributed by atoms with E-state index in [1.807, 2.05) is 31.2 Å². The van der Waals surface area contributed by atoms with Gasteiger partial charge in [0.05, 0.1) is 10.0 Å². The van der Waals surface area contributed by atoms with Gasteiger partial charge in [-0.25, -0.2) is 8.42 Å². The van der Waals surface area contributed by atoms with Crippen LogP contribution in [0, 0.1) is 13.3 Å². The Morgan fingerprint density at radius 1 is 1.25 bits per heavy atom. The molecular weight excluding hydrogens is 385 g/mol. The first kappa shape index (κ1) is 23.1. The summed E-state index contributed by atoms with van der Waals surface area (Å²) in [5, 5.41) is 0. The molecule has 1 N–H and O–H groups in total. The summed E-state index contributed by atoms with van der Waals surface area (Å²) in [5.74, 6) is 0.361. The van der Waals surface area contributed by atoms with Gasteiger partial charge in [-0.1, -0.05) is 52.4 Å². The first-order valence-corrected chi connectivity index (χ1v) is 10.6. The Bertz CT molecular complexity index is 324. The Morgan fingerprint density at radius 2 is 1.75 bits per heavy atom. The van der Waals surface area contributed by atoms with Gasteiger partial charge in [-0.2, -0.15) is 6.04 Å². The van der Waals surface area contributed by atoms with E-state index in [1.54, 1.807) is 0 Å². The molecule has 1 rings (SSSR count). The predicted octanol–water partition coefficient (Wildman–Crippen LogP) is 4.63. The summed E-state index contributed by atoms with van der Waals surface area (Å²) in [6, 6.07) is -0.608. The fourth-order valence-electron chi connectivity index (χ4n) is 2.31. The minimum atomic E-state index is -3.33. The minimum absolute atomic E-state index is 0. The molecule has 2 unspecified atom stereocenters. The average molecular weight is 412 g/mol. The Morgan fingerprint density at radius 3 is 2.20 bits per heavy atom. The van der Waals surface area contributed by atoms with Crippen LogP contribution in [0.4, 0.5) is 0 Å². The standard InChI is InChI=1S/C12H24N2O2S.CH3.ClH.Ru/c1-3-10(4-2)9-17(15,16)14-12-8-6-5-7-11(12)13;;;/h10-13H,3-9H2,1-2H3;1H3;1H;/q-2;-1;;+4/p-1. The number of nitrogens with one attached hydrogen (secondary N) is 1. The number of nitrogens with zero attached hydrogens (tertiary/aromatic N) is 1. The van der Waals surface area contributed by atoms with Gasteiger partial charge in [-0.15, -0.1) is 6.04 Å². The molecule has 0 aromatic carbocycles. The number of hydrogen-bond donors (Lipinski definition) is 0. The molecule has 1 saturated carbocycles. The zero-order chi connectivity index (χ0) is 14.9. The summed E-state index contributed by atoms with van der Waals surface area (Å²) in [7, 11) is 1.24. The number of hydrogen-bond acceptors (Lipinski definition) is 2. The Balaban J connectivity index is 0. The first-order valence-electron chi connectivity index (χ1n) is 6.77. The second-order valence-electron chi connectivity index (χ2n) is 4.99. The first-order chi connectivity index (χ1) is 8.98. The summed E-state index contributed by atoms with van der Waals surface area (Å²) in [5.41, 5.74) is 7.82. The molecule has 1 aliphatic rings. The van der Waals surface area contributed by atoms with Gasteiger partial charge in [0.15, 0.2) is 0 Å². The van der Waals surface area contributed by atoms with Crippen LogP contribution in [0.1, 0.15) is 52.4 Å². The molecule has 0 radical (unpaired) electrons. The topological polar surface area (TPSA) is 72.0 Å². The van der Waals surface area contributed by atoms with Crippen LogP contribution < -0.4 is 0 Å². The molecule has 20 heavy (non-hydrogen) atoms. The van der Waals surface area contributed by atoms with Crippen molar-refractivity contribution in [2.24, 2.45) is 5.92 Å². The quantitative estimate of drug-likeness (QED) is 0.472. The van der Waals surface area contributed by atoms with Gasteiger partial charge >= 0.3 is 27.0 Å². The number of rotatable bonds is 6. The molecule has 0 aromatic heterocycles. The Labute approximate surface area is 139 Å². The molecule has 7 heteroatoms. The van der Waals surface area contributed by atoms with E-state index in [0.29, 0.717) is 0 Å². The number of sulfonamides is 1. The normalized spacial score (nSPS) is 22.6. The molecule has 1 aliphatic carbocycles. The third-order valence-electron chi connectivity index (χ3n) is 3.63. The van der Waals surface area contributed by atoms with Crippen molar-refractivity contribution in [2.75, 3.05) is 5.75 Å². The van der Waals surface area contributed by atoms with Crippen LogP contribution in [0.2, 0.25) is 0 Å². The SMILES string of the molecule is CCC(CC)CS(=O)(=O)[N-]C1CCCCC1[NH-].[CH3-].[Cl][Ru+3]. The van der Waals surface area contributed by atoms with Gasteiger partial charge in [-0.05, 0) is 5.92 Å². The van der Waals surface area contributed by atoms with Crippen molar-refractivity contribution < 1.29 is 25.7 Å². The van der Waals surface area contributed by atoms with Crippen molar-refractivity contribution in [2.45, 2.75) is 64.5 Å². The van der Waals surface area contributed by atoms with Crippen molar-refractivity contribution in [1.82, 2.24) is 0 Å². The van der Waals surface area contributed by atoms with Gasteiger partial charge in [-0.3, -0.25) is 0 Å². The van der Waals surface area contributed by atoms with Crippen molar-refractivity contribution in [3.63, 3.8) is 0 Å². The second kappa shape index (κ2) is 12.3. The average Bonchev–Trinajstić information content (AvgIpc) is 2.41. The van der Waals surface area contributed by atoms with E-state index in [2.05, 4.69) is 14.4 Å². The molecule has 0 saturated heterocycles. The van der Waals surface area contributed by atoms with Crippen LogP contribution in [0.3, 0.4) is 0 Å². The van der Waals surface area contributed by atoms with Crippen LogP contribution in [0.25, 0.3) is 10.5 Å². The van der Waals surface area contributed by atoms with Crippen molar-refractivity contribution >= 4 is 19.7 Å². The van der Waals surface area contributed by atoms with E-state index in [9.17, 15) is 8.42 Å². The predicted molar refractivity (Wildman–Crippen MR) is 83.9 cm³/mol. The Kier molecular flexibility index (Phi) is 14.2. The van der Waals surface area contributed by atoms with E-state index in [1.165, 1.54) is 0 Å². The third kappa shape index (κ3) is 8.94. The van der Waals surface area contributed by atoms with Crippen LogP contribution in [0.15, 0.2) is 0 Å². The molecule has 0 spiro atoms. The number of halogens is 1. The molecule has 0 bridgehead atoms. The molecular formula is C13H27ClN2O2RuS. The molecule has 0 aliphatic heterocycles. The third-order valence-corrected chi connectivity index (χ3v) is 5.11. The zero-order valence-corrected chi connectivity index (χ0v) is 15.9. The molecule has 0 heterocycles. The monoisotopic (exact) mass is 412 g/mol. The second-order valence-corrected chi connectivity index (χ2v) is 6.70. The van der Waals surface area contributed by atoms with Gasteiger partial charge in [0.25, 0.3) is 0 Å². The maximum atomic E-state index is 11.9. The van der Waals surface area contributed by atoms with Crippen LogP contribution in [-0.4, -0.2) is 26.3 Å².